The van der Waals surface area contributed by atoms with E-state index >= 15 is 0 Å². The minimum atomic E-state index is -1.07. The van der Waals surface area contributed by atoms with Crippen LogP contribution >= 0.6 is 0 Å². The maximum Gasteiger partial charge on any atom is 0.251 e. The quantitative estimate of drug-likeness (QED) is 0.108. The Morgan fingerprint density at radius 2 is 1.89 bits per heavy atom. The van der Waals surface area contributed by atoms with Gasteiger partial charge in [0.2, 0.25) is 5.82 Å². The lowest BCUT2D eigenvalue weighted by molar-refractivity contribution is -0.891. The molecule has 3 N–H and O–H groups in total. The highest BCUT2D eigenvalue weighted by Crippen LogP contribution is 2.31. The molecule has 0 bridgehead atoms. The molecule has 45 heavy (non-hydrogen) atoms. The Morgan fingerprint density at radius 3 is 2.58 bits per heavy atom. The largest absolute Gasteiger partial charge is 0.554 e. The summed E-state index contributed by atoms with van der Waals surface area (Å²) in [6.45, 7) is 4.32. The zero-order valence-electron chi connectivity index (χ0n) is 25.7. The third-order valence-electron chi connectivity index (χ3n) is 7.04. The second-order valence-corrected chi connectivity index (χ2v) is 10.5. The van der Waals surface area contributed by atoms with Crippen LogP contribution in [-0.4, -0.2) is 97.0 Å². The van der Waals surface area contributed by atoms with Gasteiger partial charge in [0.25, 0.3) is 5.91 Å². The molecule has 0 aliphatic rings. The van der Waals surface area contributed by atoms with Gasteiger partial charge in [-0.25, -0.2) is 14.4 Å². The molecule has 14 heteroatoms. The summed E-state index contributed by atoms with van der Waals surface area (Å²) in [5, 5.41) is 23.5. The van der Waals surface area contributed by atoms with Gasteiger partial charge in [0.1, 0.15) is 13.1 Å². The monoisotopic (exact) mass is 628 g/mol. The topological polar surface area (TPSA) is 150 Å². The van der Waals surface area contributed by atoms with E-state index in [0.29, 0.717) is 65.6 Å². The summed E-state index contributed by atoms with van der Waals surface area (Å²) >= 11 is 0. The van der Waals surface area contributed by atoms with Gasteiger partial charge in [0.15, 0.2) is 23.0 Å². The number of rotatable bonds is 14. The summed E-state index contributed by atoms with van der Waals surface area (Å²) < 4.78 is 42.0. The summed E-state index contributed by atoms with van der Waals surface area (Å²) in [6, 6.07) is 8.21. The Bertz CT molecular complexity index is 1600. The van der Waals surface area contributed by atoms with E-state index in [9.17, 15) is 13.6 Å². The fourth-order valence-electron chi connectivity index (χ4n) is 4.54. The number of amides is 1. The SMILES string of the molecule is CCc1cc(Nc2nccn3c(-c4ccc(OC)c(F)c4F)cnc23)ccc1C(=O)NCCOCC[N+](C)(C)CCO.O=C[O-]. The number of aromatic nitrogens is 3. The van der Waals surface area contributed by atoms with Gasteiger partial charge in [0, 0.05) is 42.2 Å². The summed E-state index contributed by atoms with van der Waals surface area (Å²) in [5.74, 6) is -2.06. The summed E-state index contributed by atoms with van der Waals surface area (Å²) in [7, 11) is 5.33. The number of aliphatic hydroxyl groups excluding tert-OH is 1. The molecule has 1 amide bonds. The summed E-state index contributed by atoms with van der Waals surface area (Å²) in [5.41, 5.74) is 2.91. The van der Waals surface area contributed by atoms with Crippen molar-refractivity contribution in [2.75, 3.05) is 66.0 Å². The number of nitrogens with zero attached hydrogens (tertiary/aromatic N) is 4. The lowest BCUT2D eigenvalue weighted by atomic mass is 10.0. The highest BCUT2D eigenvalue weighted by Gasteiger charge is 2.20. The molecule has 4 aromatic rings. The van der Waals surface area contributed by atoms with Gasteiger partial charge in [-0.3, -0.25) is 9.20 Å². The molecule has 0 spiro atoms. The van der Waals surface area contributed by atoms with Crippen LogP contribution in [0.3, 0.4) is 0 Å². The maximum atomic E-state index is 14.8. The van der Waals surface area contributed by atoms with Gasteiger partial charge in [-0.2, -0.15) is 4.39 Å². The molecular formula is C31H38F2N6O6. The van der Waals surface area contributed by atoms with Crippen LogP contribution < -0.4 is 20.5 Å². The molecule has 12 nitrogen and oxygen atoms in total. The number of carboxylic acid groups (broad SMARTS) is 1. The van der Waals surface area contributed by atoms with E-state index in [4.69, 9.17) is 24.5 Å². The van der Waals surface area contributed by atoms with Crippen molar-refractivity contribution in [1.82, 2.24) is 19.7 Å². The molecule has 2 heterocycles. The number of likely N-dealkylation sites (N-methyl/N-ethyl adjacent to an activating group) is 1. The molecule has 0 saturated carbocycles. The number of ether oxygens (including phenoxy) is 2. The number of carbonyl (C=O) groups excluding carboxylic acids is 2. The first-order chi connectivity index (χ1) is 21.6. The predicted molar refractivity (Wildman–Crippen MR) is 162 cm³/mol. The first-order valence-electron chi connectivity index (χ1n) is 14.2. The smallest absolute Gasteiger partial charge is 0.251 e. The van der Waals surface area contributed by atoms with Crippen molar-refractivity contribution in [1.29, 1.82) is 0 Å². The molecule has 2 aromatic carbocycles. The molecule has 0 fully saturated rings. The van der Waals surface area contributed by atoms with Crippen molar-refractivity contribution in [2.45, 2.75) is 13.3 Å². The van der Waals surface area contributed by atoms with E-state index < -0.39 is 18.1 Å². The van der Waals surface area contributed by atoms with Crippen LogP contribution in [0.1, 0.15) is 22.8 Å². The second-order valence-electron chi connectivity index (χ2n) is 10.5. The Balaban J connectivity index is 0.00000177. The van der Waals surface area contributed by atoms with E-state index in [1.807, 2.05) is 27.1 Å². The van der Waals surface area contributed by atoms with E-state index in [0.717, 1.165) is 12.1 Å². The molecule has 0 atom stereocenters. The van der Waals surface area contributed by atoms with Crippen molar-refractivity contribution >= 4 is 29.5 Å². The van der Waals surface area contributed by atoms with Crippen LogP contribution in [0, 0.1) is 11.6 Å². The number of fused-ring (bicyclic) bond motifs is 1. The average Bonchev–Trinajstić information content (AvgIpc) is 3.45. The normalized spacial score (nSPS) is 11.1. The van der Waals surface area contributed by atoms with Crippen LogP contribution in [0.5, 0.6) is 5.75 Å². The van der Waals surface area contributed by atoms with Crippen LogP contribution in [0.2, 0.25) is 0 Å². The first-order valence-corrected chi connectivity index (χ1v) is 14.2. The van der Waals surface area contributed by atoms with Gasteiger partial charge in [-0.15, -0.1) is 0 Å². The fourth-order valence-corrected chi connectivity index (χ4v) is 4.54. The first kappa shape index (κ1) is 34.8. The second kappa shape index (κ2) is 16.4. The minimum absolute atomic E-state index is 0.0386. The van der Waals surface area contributed by atoms with E-state index in [1.165, 1.54) is 31.6 Å². The maximum absolute atomic E-state index is 14.8. The van der Waals surface area contributed by atoms with Crippen molar-refractivity contribution < 1.29 is 42.5 Å². The van der Waals surface area contributed by atoms with Gasteiger partial charge in [-0.05, 0) is 42.3 Å². The molecule has 0 saturated heterocycles. The van der Waals surface area contributed by atoms with Gasteiger partial charge in [-0.1, -0.05) is 6.92 Å². The van der Waals surface area contributed by atoms with Crippen LogP contribution in [-0.2, 0) is 16.0 Å². The number of benzene rings is 2. The zero-order chi connectivity index (χ0) is 33.0. The van der Waals surface area contributed by atoms with E-state index in [-0.39, 0.29) is 23.8 Å². The number of methoxy groups -OCH3 is 1. The minimum Gasteiger partial charge on any atom is -0.554 e. The average molecular weight is 629 g/mol. The number of carbonyl (C=O) groups is 2. The van der Waals surface area contributed by atoms with Gasteiger partial charge < -0.3 is 39.6 Å². The Labute approximate surface area is 259 Å². The number of nitrogens with one attached hydrogen (secondary N) is 2. The fraction of sp³-hybridized carbons (Fsp3) is 0.355. The number of anilines is 2. The number of hydrogen-bond acceptors (Lipinski definition) is 9. The summed E-state index contributed by atoms with van der Waals surface area (Å²) in [6.07, 6.45) is 5.24. The van der Waals surface area contributed by atoms with Gasteiger partial charge >= 0.3 is 0 Å². The van der Waals surface area contributed by atoms with Crippen molar-refractivity contribution in [3.05, 3.63) is 71.7 Å². The third kappa shape index (κ3) is 8.94. The molecule has 0 aliphatic carbocycles. The lowest BCUT2D eigenvalue weighted by Crippen LogP contribution is -2.44. The highest BCUT2D eigenvalue weighted by molar-refractivity contribution is 5.96. The lowest BCUT2D eigenvalue weighted by Gasteiger charge is -2.28. The molecule has 0 unspecified atom stereocenters. The van der Waals surface area contributed by atoms with Crippen molar-refractivity contribution in [2.24, 2.45) is 0 Å². The van der Waals surface area contributed by atoms with E-state index in [1.54, 1.807) is 22.7 Å². The number of imidazole rings is 1. The molecule has 242 valence electrons. The number of quaternary nitrogens is 1. The number of aryl methyl sites for hydroxylation is 1. The predicted octanol–water partition coefficient (Wildman–Crippen LogP) is 2.17. The van der Waals surface area contributed by atoms with Crippen LogP contribution in [0.25, 0.3) is 16.9 Å². The van der Waals surface area contributed by atoms with E-state index in [2.05, 4.69) is 20.6 Å². The standard InChI is InChI=1S/C30H36F2N6O4.CH2O2/c1-5-20-18-21(6-7-22(20)30(40)34-11-16-42-17-14-38(2,3)13-15-39)36-28-29-35-19-24(37(29)12-10-33-28)23-8-9-25(41-4)27(32)26(23)31;2-1-3/h6-10,12,18-19,39H,5,11,13-17H2,1-4H3,(H-,33,34,36,40);1H,(H,2,3). The molecular weight excluding hydrogens is 590 g/mol. The molecule has 2 aromatic heterocycles. The van der Waals surface area contributed by atoms with Crippen LogP contribution in [0.4, 0.5) is 20.3 Å². The highest BCUT2D eigenvalue weighted by atomic mass is 19.2. The molecule has 4 rings (SSSR count). The Hall–Kier alpha value is -4.66. The summed E-state index contributed by atoms with van der Waals surface area (Å²) in [4.78, 5) is 29.9. The molecule has 0 aliphatic heterocycles. The molecule has 0 radical (unpaired) electrons. The zero-order valence-corrected chi connectivity index (χ0v) is 25.7. The number of aliphatic hydroxyl groups is 1. The van der Waals surface area contributed by atoms with Gasteiger partial charge in [0.05, 0.1) is 52.9 Å². The van der Waals surface area contributed by atoms with Crippen molar-refractivity contribution in [3.63, 3.8) is 0 Å². The third-order valence-corrected chi connectivity index (χ3v) is 7.04. The Morgan fingerprint density at radius 1 is 1.13 bits per heavy atom. The Kier molecular flexibility index (Phi) is 12.7. The number of hydrogen-bond donors (Lipinski definition) is 3. The number of halogens is 2. The van der Waals surface area contributed by atoms with Crippen molar-refractivity contribution in [3.8, 4) is 17.0 Å². The van der Waals surface area contributed by atoms with Crippen LogP contribution in [0.15, 0.2) is 48.9 Å².